The summed E-state index contributed by atoms with van der Waals surface area (Å²) < 4.78 is 26.3. The first-order valence-corrected chi connectivity index (χ1v) is 6.23. The average molecular weight is 221 g/mol. The SMILES string of the molecule is CCCCCCNC(F)C(F)CCCC. The van der Waals surface area contributed by atoms with Crippen LogP contribution >= 0.6 is 0 Å². The number of halogens is 2. The Kier molecular flexibility index (Phi) is 10.2. The number of hydrogen-bond acceptors (Lipinski definition) is 1. The second kappa shape index (κ2) is 10.3. The Balaban J connectivity index is 3.34. The molecule has 2 unspecified atom stereocenters. The number of unbranched alkanes of at least 4 members (excludes halogenated alkanes) is 4. The predicted octanol–water partition coefficient (Wildman–Crippen LogP) is 3.98. The Morgan fingerprint density at radius 3 is 2.20 bits per heavy atom. The lowest BCUT2D eigenvalue weighted by molar-refractivity contribution is 0.125. The van der Waals surface area contributed by atoms with Crippen LogP contribution in [0.2, 0.25) is 0 Å². The Morgan fingerprint density at radius 2 is 1.60 bits per heavy atom. The number of hydrogen-bond donors (Lipinski definition) is 1. The summed E-state index contributed by atoms with van der Waals surface area (Å²) in [6.45, 7) is 4.71. The minimum absolute atomic E-state index is 0.333. The predicted molar refractivity (Wildman–Crippen MR) is 61.5 cm³/mol. The van der Waals surface area contributed by atoms with E-state index in [2.05, 4.69) is 12.2 Å². The van der Waals surface area contributed by atoms with E-state index in [9.17, 15) is 8.78 Å². The van der Waals surface area contributed by atoms with Crippen LogP contribution in [0.3, 0.4) is 0 Å². The van der Waals surface area contributed by atoms with Crippen molar-refractivity contribution >= 4 is 0 Å². The Bertz CT molecular complexity index is 131. The van der Waals surface area contributed by atoms with Gasteiger partial charge in [0.25, 0.3) is 0 Å². The van der Waals surface area contributed by atoms with Crippen LogP contribution in [0.15, 0.2) is 0 Å². The molecule has 0 radical (unpaired) electrons. The van der Waals surface area contributed by atoms with Crippen molar-refractivity contribution in [2.24, 2.45) is 0 Å². The lowest BCUT2D eigenvalue weighted by Gasteiger charge is -2.14. The molecule has 0 aliphatic heterocycles. The van der Waals surface area contributed by atoms with E-state index in [0.717, 1.165) is 25.7 Å². The van der Waals surface area contributed by atoms with E-state index < -0.39 is 12.5 Å². The monoisotopic (exact) mass is 221 g/mol. The van der Waals surface area contributed by atoms with Crippen LogP contribution in [0.25, 0.3) is 0 Å². The summed E-state index contributed by atoms with van der Waals surface area (Å²) in [6.07, 6.45) is 3.59. The quantitative estimate of drug-likeness (QED) is 0.434. The van der Waals surface area contributed by atoms with Gasteiger partial charge in [0.15, 0.2) is 6.30 Å². The molecule has 0 aliphatic rings. The molecular weight excluding hydrogens is 196 g/mol. The van der Waals surface area contributed by atoms with Gasteiger partial charge >= 0.3 is 0 Å². The first kappa shape index (κ1) is 14.8. The molecule has 2 atom stereocenters. The largest absolute Gasteiger partial charge is 0.285 e. The molecule has 0 fully saturated rings. The van der Waals surface area contributed by atoms with Gasteiger partial charge in [-0.3, -0.25) is 5.32 Å². The van der Waals surface area contributed by atoms with Crippen molar-refractivity contribution in [1.29, 1.82) is 0 Å². The molecule has 0 saturated carbocycles. The summed E-state index contributed by atoms with van der Waals surface area (Å²) in [6, 6.07) is 0. The maximum absolute atomic E-state index is 13.1. The van der Waals surface area contributed by atoms with Gasteiger partial charge in [0.2, 0.25) is 0 Å². The fourth-order valence-corrected chi connectivity index (χ4v) is 1.47. The molecular formula is C12H25F2N. The van der Waals surface area contributed by atoms with Crippen molar-refractivity contribution < 1.29 is 8.78 Å². The summed E-state index contributed by atoms with van der Waals surface area (Å²) in [4.78, 5) is 0. The maximum Gasteiger partial charge on any atom is 0.182 e. The highest BCUT2D eigenvalue weighted by atomic mass is 19.2. The van der Waals surface area contributed by atoms with Crippen LogP contribution in [0.5, 0.6) is 0 Å². The minimum Gasteiger partial charge on any atom is -0.285 e. The molecule has 0 heterocycles. The first-order chi connectivity index (χ1) is 7.22. The lowest BCUT2D eigenvalue weighted by atomic mass is 10.1. The third-order valence-corrected chi connectivity index (χ3v) is 2.52. The van der Waals surface area contributed by atoms with Crippen LogP contribution in [-0.2, 0) is 0 Å². The molecule has 1 N–H and O–H groups in total. The highest BCUT2D eigenvalue weighted by molar-refractivity contribution is 4.66. The fraction of sp³-hybridized carbons (Fsp3) is 1.00. The first-order valence-electron chi connectivity index (χ1n) is 6.23. The van der Waals surface area contributed by atoms with Gasteiger partial charge in [-0.1, -0.05) is 46.0 Å². The van der Waals surface area contributed by atoms with Gasteiger partial charge < -0.3 is 0 Å². The third kappa shape index (κ3) is 8.79. The topological polar surface area (TPSA) is 12.0 Å². The third-order valence-electron chi connectivity index (χ3n) is 2.52. The van der Waals surface area contributed by atoms with Crippen LogP contribution in [0.1, 0.15) is 58.8 Å². The molecule has 0 aliphatic carbocycles. The number of alkyl halides is 2. The second-order valence-electron chi connectivity index (χ2n) is 4.07. The normalized spacial score (nSPS) is 15.2. The van der Waals surface area contributed by atoms with E-state index in [4.69, 9.17) is 0 Å². The van der Waals surface area contributed by atoms with Crippen LogP contribution < -0.4 is 5.32 Å². The molecule has 0 bridgehead atoms. The van der Waals surface area contributed by atoms with E-state index in [1.54, 1.807) is 0 Å². The molecule has 0 amide bonds. The lowest BCUT2D eigenvalue weighted by Crippen LogP contribution is -2.34. The van der Waals surface area contributed by atoms with Crippen LogP contribution in [0.4, 0.5) is 8.78 Å². The van der Waals surface area contributed by atoms with Crippen LogP contribution in [0, 0.1) is 0 Å². The summed E-state index contributed by atoms with van der Waals surface area (Å²) in [5.74, 6) is 0. The summed E-state index contributed by atoms with van der Waals surface area (Å²) in [7, 11) is 0. The summed E-state index contributed by atoms with van der Waals surface area (Å²) in [5, 5.41) is 2.61. The maximum atomic E-state index is 13.1. The van der Waals surface area contributed by atoms with E-state index in [1.165, 1.54) is 12.8 Å². The van der Waals surface area contributed by atoms with E-state index >= 15 is 0 Å². The molecule has 0 saturated heterocycles. The molecule has 0 aromatic rings. The van der Waals surface area contributed by atoms with Gasteiger partial charge in [-0.05, 0) is 19.4 Å². The smallest absolute Gasteiger partial charge is 0.182 e. The number of nitrogens with one attached hydrogen (secondary N) is 1. The van der Waals surface area contributed by atoms with Gasteiger partial charge in [-0.2, -0.15) is 0 Å². The standard InChI is InChI=1S/C12H25F2N/c1-3-5-7-8-10-15-12(14)11(13)9-6-4-2/h11-12,15H,3-10H2,1-2H3. The molecule has 0 aromatic heterocycles. The van der Waals surface area contributed by atoms with Crippen molar-refractivity contribution in [2.75, 3.05) is 6.54 Å². The van der Waals surface area contributed by atoms with Gasteiger partial charge in [0.05, 0.1) is 0 Å². The van der Waals surface area contributed by atoms with Crippen molar-refractivity contribution in [3.05, 3.63) is 0 Å². The highest BCUT2D eigenvalue weighted by Gasteiger charge is 2.18. The van der Waals surface area contributed by atoms with Gasteiger partial charge in [0.1, 0.15) is 6.17 Å². The summed E-state index contributed by atoms with van der Waals surface area (Å²) >= 11 is 0. The Morgan fingerprint density at radius 1 is 0.933 bits per heavy atom. The van der Waals surface area contributed by atoms with Gasteiger partial charge in [0, 0.05) is 0 Å². The molecule has 0 spiro atoms. The second-order valence-corrected chi connectivity index (χ2v) is 4.07. The van der Waals surface area contributed by atoms with Crippen molar-refractivity contribution in [3.8, 4) is 0 Å². The Labute approximate surface area is 92.6 Å². The zero-order valence-corrected chi connectivity index (χ0v) is 10.1. The van der Waals surface area contributed by atoms with Crippen molar-refractivity contribution in [1.82, 2.24) is 5.32 Å². The van der Waals surface area contributed by atoms with E-state index in [-0.39, 0.29) is 0 Å². The van der Waals surface area contributed by atoms with Gasteiger partial charge in [-0.25, -0.2) is 8.78 Å². The van der Waals surface area contributed by atoms with Crippen molar-refractivity contribution in [2.45, 2.75) is 71.3 Å². The average Bonchev–Trinajstić information content (AvgIpc) is 2.25. The molecule has 3 heteroatoms. The summed E-state index contributed by atoms with van der Waals surface area (Å²) in [5.41, 5.74) is 0. The molecule has 0 rings (SSSR count). The van der Waals surface area contributed by atoms with E-state index in [1.807, 2.05) is 6.92 Å². The Hall–Kier alpha value is -0.180. The molecule has 15 heavy (non-hydrogen) atoms. The highest BCUT2D eigenvalue weighted by Crippen LogP contribution is 2.10. The zero-order valence-electron chi connectivity index (χ0n) is 10.1. The zero-order chi connectivity index (χ0) is 11.5. The van der Waals surface area contributed by atoms with Gasteiger partial charge in [-0.15, -0.1) is 0 Å². The van der Waals surface area contributed by atoms with E-state index in [0.29, 0.717) is 13.0 Å². The van der Waals surface area contributed by atoms with Crippen LogP contribution in [-0.4, -0.2) is 19.0 Å². The molecule has 1 nitrogen and oxygen atoms in total. The fourth-order valence-electron chi connectivity index (χ4n) is 1.47. The molecule has 92 valence electrons. The van der Waals surface area contributed by atoms with Crippen molar-refractivity contribution in [3.63, 3.8) is 0 Å². The number of rotatable bonds is 10. The molecule has 0 aromatic carbocycles. The minimum atomic E-state index is -1.47.